The maximum atomic E-state index is 13.8. The summed E-state index contributed by atoms with van der Waals surface area (Å²) in [6, 6.07) is 14.8. The molecule has 2 aromatic carbocycles. The molecule has 0 aliphatic carbocycles. The number of carbonyl (C=O) groups excluding carboxylic acids is 2. The molecule has 2 amide bonds. The average molecular weight is 423 g/mol. The van der Waals surface area contributed by atoms with Gasteiger partial charge in [0.25, 0.3) is 5.91 Å². The summed E-state index contributed by atoms with van der Waals surface area (Å²) < 4.78 is 10.5. The third kappa shape index (κ3) is 3.11. The highest BCUT2D eigenvalue weighted by Gasteiger charge is 2.59. The number of hydrogen-bond donors (Lipinski definition) is 0. The lowest BCUT2D eigenvalue weighted by Gasteiger charge is -2.33. The molecule has 0 N–H and O–H groups in total. The van der Waals surface area contributed by atoms with Crippen LogP contribution >= 0.6 is 11.8 Å². The Labute approximate surface area is 179 Å². The first-order valence-electron chi connectivity index (χ1n) is 9.48. The molecule has 0 unspecified atom stereocenters. The van der Waals surface area contributed by atoms with E-state index in [1.54, 1.807) is 35.1 Å². The van der Waals surface area contributed by atoms with Crippen LogP contribution in [-0.4, -0.2) is 49.8 Å². The molecule has 8 heteroatoms. The van der Waals surface area contributed by atoms with E-state index >= 15 is 0 Å². The number of thioether (sulfide) groups is 1. The molecule has 4 rings (SSSR count). The summed E-state index contributed by atoms with van der Waals surface area (Å²) in [4.78, 5) is 28.8. The molecule has 0 radical (unpaired) electrons. The van der Waals surface area contributed by atoms with Crippen LogP contribution in [-0.2, 0) is 25.7 Å². The zero-order valence-electron chi connectivity index (χ0n) is 16.8. The van der Waals surface area contributed by atoms with Crippen molar-refractivity contribution in [2.75, 3.05) is 38.0 Å². The summed E-state index contributed by atoms with van der Waals surface area (Å²) in [7, 11) is 3.04. The van der Waals surface area contributed by atoms with Gasteiger partial charge in [-0.2, -0.15) is 5.26 Å². The molecule has 0 bridgehead atoms. The van der Waals surface area contributed by atoms with Crippen molar-refractivity contribution < 1.29 is 19.1 Å². The van der Waals surface area contributed by atoms with Crippen molar-refractivity contribution >= 4 is 29.3 Å². The van der Waals surface area contributed by atoms with Crippen molar-refractivity contribution in [1.29, 1.82) is 5.26 Å². The monoisotopic (exact) mass is 423 g/mol. The molecule has 0 saturated carbocycles. The van der Waals surface area contributed by atoms with E-state index in [2.05, 4.69) is 6.07 Å². The number of nitriles is 1. The predicted octanol–water partition coefficient (Wildman–Crippen LogP) is 2.49. The lowest BCUT2D eigenvalue weighted by Crippen LogP contribution is -2.51. The molecule has 1 spiro atoms. The molecule has 2 heterocycles. The Balaban J connectivity index is 1.81. The number of hydrogen-bond acceptors (Lipinski definition) is 6. The van der Waals surface area contributed by atoms with Crippen molar-refractivity contribution in [3.8, 4) is 11.8 Å². The van der Waals surface area contributed by atoms with Gasteiger partial charge in [0, 0.05) is 25.0 Å². The fourth-order valence-corrected chi connectivity index (χ4v) is 5.53. The van der Waals surface area contributed by atoms with Gasteiger partial charge in [-0.1, -0.05) is 12.1 Å². The van der Waals surface area contributed by atoms with E-state index in [4.69, 9.17) is 9.47 Å². The maximum absolute atomic E-state index is 13.8. The molecule has 2 aliphatic heterocycles. The molecule has 7 nitrogen and oxygen atoms in total. The summed E-state index contributed by atoms with van der Waals surface area (Å²) in [5.41, 5.74) is 2.87. The van der Waals surface area contributed by atoms with E-state index in [0.717, 1.165) is 16.8 Å². The molecule has 30 heavy (non-hydrogen) atoms. The fraction of sp³-hybridized carbons (Fsp3) is 0.318. The molecule has 1 atom stereocenters. The van der Waals surface area contributed by atoms with E-state index in [1.165, 1.54) is 18.9 Å². The standard InChI is InChI=1S/C22H21N3O4S/c1-28-14-20(26)25-8-9-30-22(25)18-11-17(29-2)6-7-19(18)24(21(22)27)13-16-5-3-4-15(10-16)12-23/h3-7,10-11H,8-9,13-14H2,1-2H3/t22-/m0/s1. The maximum Gasteiger partial charge on any atom is 0.268 e. The number of methoxy groups -OCH3 is 2. The highest BCUT2D eigenvalue weighted by atomic mass is 32.2. The van der Waals surface area contributed by atoms with Gasteiger partial charge in [-0.05, 0) is 35.9 Å². The van der Waals surface area contributed by atoms with Gasteiger partial charge in [-0.15, -0.1) is 11.8 Å². The van der Waals surface area contributed by atoms with Gasteiger partial charge in [-0.3, -0.25) is 9.59 Å². The lowest BCUT2D eigenvalue weighted by molar-refractivity contribution is -0.143. The van der Waals surface area contributed by atoms with Crippen LogP contribution in [0.25, 0.3) is 0 Å². The number of amides is 2. The zero-order valence-corrected chi connectivity index (χ0v) is 17.6. The molecule has 1 saturated heterocycles. The molecule has 1 fully saturated rings. The minimum atomic E-state index is -1.13. The second-order valence-electron chi connectivity index (χ2n) is 7.06. The Morgan fingerprint density at radius 3 is 2.83 bits per heavy atom. The molecule has 2 aromatic rings. The normalized spacial score (nSPS) is 19.8. The molecular formula is C22H21N3O4S. The number of carbonyl (C=O) groups is 2. The topological polar surface area (TPSA) is 82.9 Å². The fourth-order valence-electron chi connectivity index (χ4n) is 4.06. The Kier molecular flexibility index (Phi) is 5.41. The Bertz CT molecular complexity index is 1050. The highest BCUT2D eigenvalue weighted by Crippen LogP contribution is 2.55. The van der Waals surface area contributed by atoms with Crippen molar-refractivity contribution in [2.45, 2.75) is 11.4 Å². The van der Waals surface area contributed by atoms with E-state index in [9.17, 15) is 14.9 Å². The molecule has 154 valence electrons. The van der Waals surface area contributed by atoms with Crippen molar-refractivity contribution in [2.24, 2.45) is 0 Å². The first-order valence-corrected chi connectivity index (χ1v) is 10.5. The molecule has 0 aromatic heterocycles. The van der Waals surface area contributed by atoms with Crippen LogP contribution in [0, 0.1) is 11.3 Å². The minimum Gasteiger partial charge on any atom is -0.497 e. The van der Waals surface area contributed by atoms with Crippen LogP contribution in [0.1, 0.15) is 16.7 Å². The van der Waals surface area contributed by atoms with E-state index < -0.39 is 4.87 Å². The van der Waals surface area contributed by atoms with Gasteiger partial charge in [-0.25, -0.2) is 0 Å². The zero-order chi connectivity index (χ0) is 21.3. The van der Waals surface area contributed by atoms with Crippen LogP contribution in [0.3, 0.4) is 0 Å². The first kappa shape index (κ1) is 20.3. The van der Waals surface area contributed by atoms with Crippen molar-refractivity contribution in [3.63, 3.8) is 0 Å². The predicted molar refractivity (Wildman–Crippen MR) is 113 cm³/mol. The van der Waals surface area contributed by atoms with Crippen LogP contribution in [0.15, 0.2) is 42.5 Å². The highest BCUT2D eigenvalue weighted by molar-refractivity contribution is 8.01. The van der Waals surface area contributed by atoms with Gasteiger partial charge in [0.1, 0.15) is 12.4 Å². The van der Waals surface area contributed by atoms with E-state index in [-0.39, 0.29) is 18.4 Å². The van der Waals surface area contributed by atoms with Gasteiger partial charge in [0.15, 0.2) is 4.87 Å². The number of anilines is 1. The second kappa shape index (κ2) is 8.01. The summed E-state index contributed by atoms with van der Waals surface area (Å²) in [6.45, 7) is 0.689. The Morgan fingerprint density at radius 2 is 2.10 bits per heavy atom. The number of ether oxygens (including phenoxy) is 2. The van der Waals surface area contributed by atoms with Crippen molar-refractivity contribution in [1.82, 2.24) is 4.90 Å². The number of benzene rings is 2. The van der Waals surface area contributed by atoms with Gasteiger partial charge < -0.3 is 19.3 Å². The largest absolute Gasteiger partial charge is 0.497 e. The SMILES string of the molecule is COCC(=O)N1CCS[C@@]12C(=O)N(Cc1cccc(C#N)c1)c1ccc(OC)cc12. The van der Waals surface area contributed by atoms with Crippen molar-refractivity contribution in [3.05, 3.63) is 59.2 Å². The molecular weight excluding hydrogens is 402 g/mol. The first-order chi connectivity index (χ1) is 14.5. The lowest BCUT2D eigenvalue weighted by atomic mass is 10.1. The average Bonchev–Trinajstić information content (AvgIpc) is 3.31. The second-order valence-corrected chi connectivity index (χ2v) is 8.35. The van der Waals surface area contributed by atoms with Gasteiger partial charge in [0.2, 0.25) is 5.91 Å². The number of nitrogens with zero attached hydrogens (tertiary/aromatic N) is 3. The minimum absolute atomic E-state index is 0.0842. The van der Waals surface area contributed by atoms with Crippen LogP contribution in [0.5, 0.6) is 5.75 Å². The van der Waals surface area contributed by atoms with Crippen LogP contribution < -0.4 is 9.64 Å². The third-order valence-corrected chi connectivity index (χ3v) is 6.79. The van der Waals surface area contributed by atoms with E-state index in [1.807, 2.05) is 24.3 Å². The summed E-state index contributed by atoms with van der Waals surface area (Å²) in [5, 5.41) is 9.20. The van der Waals surface area contributed by atoms with Crippen LogP contribution in [0.2, 0.25) is 0 Å². The number of rotatable bonds is 5. The van der Waals surface area contributed by atoms with Crippen LogP contribution in [0.4, 0.5) is 5.69 Å². The summed E-state index contributed by atoms with van der Waals surface area (Å²) in [6.07, 6.45) is 0. The number of fused-ring (bicyclic) bond motifs is 2. The smallest absolute Gasteiger partial charge is 0.268 e. The van der Waals surface area contributed by atoms with E-state index in [0.29, 0.717) is 30.2 Å². The Hall–Kier alpha value is -3.02. The Morgan fingerprint density at radius 1 is 1.27 bits per heavy atom. The third-order valence-electron chi connectivity index (χ3n) is 5.37. The summed E-state index contributed by atoms with van der Waals surface area (Å²) >= 11 is 1.46. The van der Waals surface area contributed by atoms with Gasteiger partial charge in [0.05, 0.1) is 31.0 Å². The van der Waals surface area contributed by atoms with Gasteiger partial charge >= 0.3 is 0 Å². The molecule has 2 aliphatic rings. The quantitative estimate of drug-likeness (QED) is 0.735. The summed E-state index contributed by atoms with van der Waals surface area (Å²) in [5.74, 6) is 0.884.